The van der Waals surface area contributed by atoms with E-state index in [4.69, 9.17) is 0 Å². The largest absolute Gasteiger partial charge is 0.386 e. The molecule has 13 heavy (non-hydrogen) atoms. The lowest BCUT2D eigenvalue weighted by atomic mass is 9.97. The number of hydrogen-bond acceptors (Lipinski definition) is 1. The minimum Gasteiger partial charge on any atom is -0.386 e. The Morgan fingerprint density at radius 2 is 2.00 bits per heavy atom. The van der Waals surface area contributed by atoms with E-state index in [1.54, 1.807) is 13.0 Å². The van der Waals surface area contributed by atoms with E-state index in [0.29, 0.717) is 0 Å². The standard InChI is InChI=1S/C12H16O/c1-3-12(2,13)10-9-11-7-5-4-6-8-11/h3-8,13H,1,9-10H2,2H3/t12-/m0/s1. The molecule has 0 aliphatic rings. The molecule has 0 bridgehead atoms. The quantitative estimate of drug-likeness (QED) is 0.699. The Bertz CT molecular complexity index is 262. The van der Waals surface area contributed by atoms with Crippen LogP contribution in [0.2, 0.25) is 0 Å². The van der Waals surface area contributed by atoms with Gasteiger partial charge in [0.2, 0.25) is 0 Å². The van der Waals surface area contributed by atoms with Crippen molar-refractivity contribution in [1.82, 2.24) is 0 Å². The maximum atomic E-state index is 9.67. The van der Waals surface area contributed by atoms with Crippen LogP contribution in [0.3, 0.4) is 0 Å². The van der Waals surface area contributed by atoms with Crippen molar-refractivity contribution < 1.29 is 5.11 Å². The summed E-state index contributed by atoms with van der Waals surface area (Å²) in [5.74, 6) is 0. The van der Waals surface area contributed by atoms with E-state index >= 15 is 0 Å². The van der Waals surface area contributed by atoms with Gasteiger partial charge in [0.1, 0.15) is 0 Å². The molecule has 0 saturated heterocycles. The minimum absolute atomic E-state index is 0.723. The summed E-state index contributed by atoms with van der Waals surface area (Å²) >= 11 is 0. The summed E-state index contributed by atoms with van der Waals surface area (Å²) in [7, 11) is 0. The van der Waals surface area contributed by atoms with E-state index in [2.05, 4.69) is 18.7 Å². The fourth-order valence-corrected chi connectivity index (χ4v) is 1.14. The molecule has 0 heterocycles. The molecule has 1 aromatic rings. The van der Waals surface area contributed by atoms with Crippen LogP contribution in [-0.4, -0.2) is 10.7 Å². The lowest BCUT2D eigenvalue weighted by molar-refractivity contribution is 0.103. The van der Waals surface area contributed by atoms with Gasteiger partial charge in [-0.3, -0.25) is 0 Å². The highest BCUT2D eigenvalue weighted by Gasteiger charge is 2.14. The first-order valence-corrected chi connectivity index (χ1v) is 4.54. The van der Waals surface area contributed by atoms with Gasteiger partial charge in [-0.1, -0.05) is 36.4 Å². The number of aryl methyl sites for hydroxylation is 1. The Hall–Kier alpha value is -1.08. The summed E-state index contributed by atoms with van der Waals surface area (Å²) in [6.45, 7) is 5.38. The van der Waals surface area contributed by atoms with Gasteiger partial charge in [0.25, 0.3) is 0 Å². The molecule has 0 saturated carbocycles. The molecule has 1 N–H and O–H groups in total. The Morgan fingerprint density at radius 3 is 2.54 bits per heavy atom. The Labute approximate surface area is 79.7 Å². The molecule has 0 unspecified atom stereocenters. The van der Waals surface area contributed by atoms with Crippen molar-refractivity contribution in [2.75, 3.05) is 0 Å². The van der Waals surface area contributed by atoms with E-state index in [-0.39, 0.29) is 0 Å². The topological polar surface area (TPSA) is 20.2 Å². The van der Waals surface area contributed by atoms with E-state index in [9.17, 15) is 5.11 Å². The Morgan fingerprint density at radius 1 is 1.38 bits per heavy atom. The van der Waals surface area contributed by atoms with Crippen LogP contribution in [0.4, 0.5) is 0 Å². The van der Waals surface area contributed by atoms with E-state index in [1.807, 2.05) is 18.2 Å². The van der Waals surface area contributed by atoms with Crippen LogP contribution < -0.4 is 0 Å². The molecular weight excluding hydrogens is 160 g/mol. The summed E-state index contributed by atoms with van der Waals surface area (Å²) in [5, 5.41) is 9.67. The van der Waals surface area contributed by atoms with Crippen LogP contribution >= 0.6 is 0 Å². The molecule has 1 rings (SSSR count). The number of benzene rings is 1. The third-order valence-electron chi connectivity index (χ3n) is 2.20. The van der Waals surface area contributed by atoms with Crippen LogP contribution in [0.15, 0.2) is 43.0 Å². The fourth-order valence-electron chi connectivity index (χ4n) is 1.14. The second-order valence-electron chi connectivity index (χ2n) is 3.55. The molecule has 1 heteroatoms. The van der Waals surface area contributed by atoms with Gasteiger partial charge in [-0.15, -0.1) is 6.58 Å². The minimum atomic E-state index is -0.740. The number of rotatable bonds is 4. The number of aliphatic hydroxyl groups is 1. The zero-order valence-corrected chi connectivity index (χ0v) is 8.03. The maximum Gasteiger partial charge on any atom is 0.0800 e. The Balaban J connectivity index is 2.48. The third kappa shape index (κ3) is 3.43. The van der Waals surface area contributed by atoms with Gasteiger partial charge in [-0.2, -0.15) is 0 Å². The summed E-state index contributed by atoms with van der Waals surface area (Å²) < 4.78 is 0. The predicted molar refractivity (Wildman–Crippen MR) is 55.6 cm³/mol. The lowest BCUT2D eigenvalue weighted by Gasteiger charge is -2.17. The molecule has 0 radical (unpaired) electrons. The van der Waals surface area contributed by atoms with Gasteiger partial charge < -0.3 is 5.11 Å². The van der Waals surface area contributed by atoms with Crippen molar-refractivity contribution >= 4 is 0 Å². The molecule has 1 atom stereocenters. The maximum absolute atomic E-state index is 9.67. The average molecular weight is 176 g/mol. The highest BCUT2D eigenvalue weighted by atomic mass is 16.3. The van der Waals surface area contributed by atoms with Crippen molar-refractivity contribution in [2.24, 2.45) is 0 Å². The van der Waals surface area contributed by atoms with E-state index in [1.165, 1.54) is 5.56 Å². The number of hydrogen-bond donors (Lipinski definition) is 1. The Kier molecular flexibility index (Phi) is 3.26. The van der Waals surface area contributed by atoms with Crippen LogP contribution in [0, 0.1) is 0 Å². The molecule has 70 valence electrons. The first kappa shape index (κ1) is 10.0. The molecule has 0 aromatic heterocycles. The van der Waals surface area contributed by atoms with Crippen molar-refractivity contribution in [3.8, 4) is 0 Å². The van der Waals surface area contributed by atoms with Crippen LogP contribution in [0.1, 0.15) is 18.9 Å². The van der Waals surface area contributed by atoms with Gasteiger partial charge in [0.15, 0.2) is 0 Å². The van der Waals surface area contributed by atoms with Gasteiger partial charge in [-0.25, -0.2) is 0 Å². The summed E-state index contributed by atoms with van der Waals surface area (Å²) in [6, 6.07) is 10.2. The van der Waals surface area contributed by atoms with Crippen molar-refractivity contribution in [2.45, 2.75) is 25.4 Å². The van der Waals surface area contributed by atoms with Crippen molar-refractivity contribution in [3.05, 3.63) is 48.6 Å². The first-order valence-electron chi connectivity index (χ1n) is 4.54. The first-order chi connectivity index (χ1) is 6.14. The molecule has 0 aliphatic carbocycles. The molecule has 0 fully saturated rings. The summed E-state index contributed by atoms with van der Waals surface area (Å²) in [4.78, 5) is 0. The monoisotopic (exact) mass is 176 g/mol. The van der Waals surface area contributed by atoms with E-state index < -0.39 is 5.60 Å². The molecule has 0 amide bonds. The average Bonchev–Trinajstić information content (AvgIpc) is 2.17. The van der Waals surface area contributed by atoms with Gasteiger partial charge >= 0.3 is 0 Å². The van der Waals surface area contributed by atoms with Crippen LogP contribution in [0.25, 0.3) is 0 Å². The van der Waals surface area contributed by atoms with Crippen molar-refractivity contribution in [1.29, 1.82) is 0 Å². The predicted octanol–water partition coefficient (Wildman–Crippen LogP) is 2.56. The summed E-state index contributed by atoms with van der Waals surface area (Å²) in [5.41, 5.74) is 0.514. The van der Waals surface area contributed by atoms with Gasteiger partial charge in [0, 0.05) is 0 Å². The molecule has 0 spiro atoms. The van der Waals surface area contributed by atoms with E-state index in [0.717, 1.165) is 12.8 Å². The zero-order chi connectivity index (χ0) is 9.73. The van der Waals surface area contributed by atoms with Crippen LogP contribution in [0.5, 0.6) is 0 Å². The second-order valence-corrected chi connectivity index (χ2v) is 3.55. The van der Waals surface area contributed by atoms with Gasteiger partial charge in [-0.05, 0) is 25.3 Å². The van der Waals surface area contributed by atoms with Crippen LogP contribution in [-0.2, 0) is 6.42 Å². The molecule has 0 aliphatic heterocycles. The second kappa shape index (κ2) is 4.24. The third-order valence-corrected chi connectivity index (χ3v) is 2.20. The normalized spacial score (nSPS) is 14.9. The smallest absolute Gasteiger partial charge is 0.0800 e. The molecule has 1 nitrogen and oxygen atoms in total. The molecular formula is C12H16O. The SMILES string of the molecule is C=C[C@](C)(O)CCc1ccccc1. The lowest BCUT2D eigenvalue weighted by Crippen LogP contribution is -2.20. The molecule has 1 aromatic carbocycles. The van der Waals surface area contributed by atoms with Gasteiger partial charge in [0.05, 0.1) is 5.60 Å². The highest BCUT2D eigenvalue weighted by molar-refractivity contribution is 5.15. The highest BCUT2D eigenvalue weighted by Crippen LogP contribution is 2.14. The van der Waals surface area contributed by atoms with Crippen molar-refractivity contribution in [3.63, 3.8) is 0 Å². The fraction of sp³-hybridized carbons (Fsp3) is 0.333. The zero-order valence-electron chi connectivity index (χ0n) is 8.03. The summed E-state index contributed by atoms with van der Waals surface area (Å²) in [6.07, 6.45) is 3.20.